The molecule has 0 radical (unpaired) electrons. The van der Waals surface area contributed by atoms with E-state index >= 15 is 0 Å². The molecule has 0 aromatic carbocycles. The van der Waals surface area contributed by atoms with Crippen LogP contribution in [-0.4, -0.2) is 48.1 Å². The Labute approximate surface area is 133 Å². The van der Waals surface area contributed by atoms with Gasteiger partial charge in [-0.2, -0.15) is 0 Å². The monoisotopic (exact) mass is 475 g/mol. The van der Waals surface area contributed by atoms with Crippen molar-refractivity contribution < 1.29 is 34.7 Å². The van der Waals surface area contributed by atoms with Crippen LogP contribution in [0.3, 0.4) is 0 Å². The minimum Gasteiger partial charge on any atom is -0.499 e. The first-order chi connectivity index (χ1) is 8.22. The van der Waals surface area contributed by atoms with Gasteiger partial charge in [0, 0.05) is 39.9 Å². The van der Waals surface area contributed by atoms with Gasteiger partial charge in [-0.25, -0.2) is 0 Å². The van der Waals surface area contributed by atoms with Gasteiger partial charge in [-0.15, -0.1) is 0 Å². The molecule has 3 N–H and O–H groups in total. The van der Waals surface area contributed by atoms with Crippen molar-refractivity contribution in [2.75, 3.05) is 25.5 Å². The normalized spacial score (nSPS) is 11.9. The molecule has 0 aromatic heterocycles. The molecule has 5 nitrogen and oxygen atoms in total. The third kappa shape index (κ3) is 12.0. The number of nitrogens with one attached hydrogen (secondary N) is 1. The van der Waals surface area contributed by atoms with E-state index in [0.717, 1.165) is 6.17 Å². The van der Waals surface area contributed by atoms with Crippen molar-refractivity contribution in [2.45, 2.75) is 32.6 Å². The SMILES string of the molecule is [CH2-]COC(=O)CCNC[Si](C)(C)O[Si](C)(C)CN.[W]. The molecule has 0 aliphatic heterocycles. The summed E-state index contributed by atoms with van der Waals surface area (Å²) in [5, 5.41) is 3.26. The molecule has 0 aromatic rings. The first-order valence-electron chi connectivity index (χ1n) is 6.28. The average molecular weight is 475 g/mol. The fourth-order valence-electron chi connectivity index (χ4n) is 1.59. The Morgan fingerprint density at radius 1 is 1.26 bits per heavy atom. The number of carbonyl (C=O) groups excluding carboxylic acids is 1. The Balaban J connectivity index is 0. The molecule has 114 valence electrons. The maximum absolute atomic E-state index is 11.1. The van der Waals surface area contributed by atoms with Crippen LogP contribution in [0.25, 0.3) is 0 Å². The number of esters is 1. The van der Waals surface area contributed by atoms with Crippen molar-refractivity contribution in [3.63, 3.8) is 0 Å². The third-order valence-electron chi connectivity index (χ3n) is 2.36. The minimum absolute atomic E-state index is 0. The number of ether oxygens (including phenoxy) is 1. The van der Waals surface area contributed by atoms with Gasteiger partial charge in [0.05, 0.1) is 6.42 Å². The van der Waals surface area contributed by atoms with Crippen LogP contribution in [-0.2, 0) is 34.7 Å². The summed E-state index contributed by atoms with van der Waals surface area (Å²) >= 11 is 0. The zero-order valence-corrected chi connectivity index (χ0v) is 17.4. The number of nitrogens with two attached hydrogens (primary N) is 1. The molecule has 0 amide bonds. The molecule has 8 heteroatoms. The summed E-state index contributed by atoms with van der Waals surface area (Å²) in [6.07, 6.45) is 1.83. The van der Waals surface area contributed by atoms with E-state index in [1.165, 1.54) is 0 Å². The van der Waals surface area contributed by atoms with Crippen molar-refractivity contribution in [2.24, 2.45) is 5.73 Å². The van der Waals surface area contributed by atoms with E-state index in [1.54, 1.807) is 0 Å². The summed E-state index contributed by atoms with van der Waals surface area (Å²) in [4.78, 5) is 11.1. The van der Waals surface area contributed by atoms with E-state index in [0.29, 0.717) is 19.1 Å². The van der Waals surface area contributed by atoms with E-state index in [-0.39, 0.29) is 33.6 Å². The molecular weight excluding hydrogens is 448 g/mol. The van der Waals surface area contributed by atoms with Crippen molar-refractivity contribution in [3.05, 3.63) is 6.92 Å². The molecule has 0 spiro atoms. The summed E-state index contributed by atoms with van der Waals surface area (Å²) in [5.41, 5.74) is 5.71. The third-order valence-corrected chi connectivity index (χ3v) is 8.87. The largest absolute Gasteiger partial charge is 0.499 e. The van der Waals surface area contributed by atoms with Gasteiger partial charge < -0.3 is 26.8 Å². The van der Waals surface area contributed by atoms with Crippen LogP contribution in [0.2, 0.25) is 26.2 Å². The molecular formula is C11H27N2O3Si2W-. The summed E-state index contributed by atoms with van der Waals surface area (Å²) < 4.78 is 10.9. The smallest absolute Gasteiger partial charge is 0.304 e. The van der Waals surface area contributed by atoms with Crippen molar-refractivity contribution in [1.82, 2.24) is 5.32 Å². The molecule has 0 bridgehead atoms. The molecule has 0 aliphatic carbocycles. The molecule has 0 heterocycles. The second kappa shape index (κ2) is 10.2. The Hall–Kier alpha value is 0.472. The van der Waals surface area contributed by atoms with Crippen LogP contribution in [0.5, 0.6) is 0 Å². The Morgan fingerprint density at radius 2 is 1.84 bits per heavy atom. The Kier molecular flexibility index (Phi) is 11.7. The van der Waals surface area contributed by atoms with Crippen LogP contribution in [0.15, 0.2) is 0 Å². The molecule has 0 saturated carbocycles. The number of rotatable bonds is 9. The summed E-state index contributed by atoms with van der Waals surface area (Å²) in [6, 6.07) is 0. The number of hydrogen-bond donors (Lipinski definition) is 2. The molecule has 0 saturated heterocycles. The topological polar surface area (TPSA) is 73.6 Å². The molecule has 0 unspecified atom stereocenters. The molecule has 19 heavy (non-hydrogen) atoms. The quantitative estimate of drug-likeness (QED) is 0.224. The molecule has 0 rings (SSSR count). The summed E-state index contributed by atoms with van der Waals surface area (Å²) in [7, 11) is -3.45. The van der Waals surface area contributed by atoms with Gasteiger partial charge in [0.2, 0.25) is 0 Å². The first-order valence-corrected chi connectivity index (χ1v) is 12.5. The van der Waals surface area contributed by atoms with E-state index in [4.69, 9.17) is 14.6 Å². The van der Waals surface area contributed by atoms with E-state index in [1.807, 2.05) is 0 Å². The van der Waals surface area contributed by atoms with Gasteiger partial charge >= 0.3 is 5.97 Å². The second-order valence-electron chi connectivity index (χ2n) is 5.47. The van der Waals surface area contributed by atoms with Gasteiger partial charge in [0.25, 0.3) is 0 Å². The van der Waals surface area contributed by atoms with Crippen molar-refractivity contribution in [3.8, 4) is 0 Å². The molecule has 0 aliphatic rings. The van der Waals surface area contributed by atoms with Crippen LogP contribution in [0.1, 0.15) is 6.42 Å². The van der Waals surface area contributed by atoms with E-state index in [9.17, 15) is 4.79 Å². The van der Waals surface area contributed by atoms with Crippen molar-refractivity contribution in [1.29, 1.82) is 0 Å². The second-order valence-corrected chi connectivity index (χ2v) is 14.1. The Morgan fingerprint density at radius 3 is 2.32 bits per heavy atom. The van der Waals surface area contributed by atoms with Gasteiger partial charge in [-0.3, -0.25) is 4.79 Å². The fourth-order valence-corrected chi connectivity index (χ4v) is 8.98. The number of hydrogen-bond acceptors (Lipinski definition) is 5. The minimum atomic E-state index is -1.74. The van der Waals surface area contributed by atoms with E-state index in [2.05, 4.69) is 38.4 Å². The van der Waals surface area contributed by atoms with Crippen LogP contribution >= 0.6 is 0 Å². The standard InChI is InChI=1S/C11H27N2O3Si2.W/c1-6-15-11(14)7-8-13-10-18(4,5)16-17(2,3)9-12;/h13H,1,6-10,12H2,2-5H3;/q-1;. The average Bonchev–Trinajstić information content (AvgIpc) is 2.23. The van der Waals surface area contributed by atoms with Crippen LogP contribution in [0, 0.1) is 6.92 Å². The Bertz CT molecular complexity index is 266. The zero-order chi connectivity index (χ0) is 14.2. The molecule has 0 atom stereocenters. The zero-order valence-electron chi connectivity index (χ0n) is 12.5. The summed E-state index contributed by atoms with van der Waals surface area (Å²) in [5.74, 6) is -0.213. The van der Waals surface area contributed by atoms with Gasteiger partial charge in [0.1, 0.15) is 0 Å². The van der Waals surface area contributed by atoms with Crippen molar-refractivity contribution >= 4 is 22.6 Å². The fraction of sp³-hybridized carbons (Fsp3) is 0.818. The predicted molar refractivity (Wildman–Crippen MR) is 78.9 cm³/mol. The van der Waals surface area contributed by atoms with Crippen LogP contribution in [0.4, 0.5) is 0 Å². The number of carbonyl (C=O) groups is 1. The molecule has 0 fully saturated rings. The first kappa shape index (κ1) is 21.8. The van der Waals surface area contributed by atoms with Gasteiger partial charge in [-0.05, 0) is 32.8 Å². The maximum atomic E-state index is 11.1. The van der Waals surface area contributed by atoms with E-state index < -0.39 is 16.6 Å². The van der Waals surface area contributed by atoms with Gasteiger partial charge in [-0.1, -0.05) is 0 Å². The van der Waals surface area contributed by atoms with Crippen LogP contribution < -0.4 is 11.1 Å². The predicted octanol–water partition coefficient (Wildman–Crippen LogP) is 0.805. The maximum Gasteiger partial charge on any atom is 0.304 e. The summed E-state index contributed by atoms with van der Waals surface area (Å²) in [6.45, 7) is 12.9. The van der Waals surface area contributed by atoms with Gasteiger partial charge in [0.15, 0.2) is 16.6 Å².